The lowest BCUT2D eigenvalue weighted by Crippen LogP contribution is -2.30. The van der Waals surface area contributed by atoms with Gasteiger partial charge in [-0.2, -0.15) is 0 Å². The Balaban J connectivity index is 1.73. The van der Waals surface area contributed by atoms with E-state index in [1.54, 1.807) is 26.0 Å². The van der Waals surface area contributed by atoms with E-state index in [0.717, 1.165) is 12.8 Å². The van der Waals surface area contributed by atoms with Crippen LogP contribution in [0.2, 0.25) is 0 Å². The second-order valence-electron chi connectivity index (χ2n) is 7.18. The van der Waals surface area contributed by atoms with Gasteiger partial charge in [-0.25, -0.2) is 26.3 Å². The van der Waals surface area contributed by atoms with Crippen LogP contribution < -0.4 is 14.8 Å². The predicted octanol–water partition coefficient (Wildman–Crippen LogP) is 2.07. The number of carbonyl (C=O) groups is 1. The summed E-state index contributed by atoms with van der Waals surface area (Å²) < 4.78 is 54.0. The maximum absolute atomic E-state index is 12.5. The summed E-state index contributed by atoms with van der Waals surface area (Å²) >= 11 is 0. The lowest BCUT2D eigenvalue weighted by atomic mass is 10.2. The van der Waals surface area contributed by atoms with Crippen molar-refractivity contribution in [2.45, 2.75) is 48.6 Å². The number of carbonyl (C=O) groups excluding carboxylic acids is 1. The number of hydrogen-bond acceptors (Lipinski definition) is 5. The van der Waals surface area contributed by atoms with E-state index in [-0.39, 0.29) is 27.4 Å². The van der Waals surface area contributed by atoms with Crippen LogP contribution in [0.3, 0.4) is 0 Å². The summed E-state index contributed by atoms with van der Waals surface area (Å²) in [4.78, 5) is 12.6. The van der Waals surface area contributed by atoms with Gasteiger partial charge in [0.1, 0.15) is 0 Å². The molecule has 1 aliphatic rings. The average Bonchev–Trinajstić information content (AvgIpc) is 3.44. The summed E-state index contributed by atoms with van der Waals surface area (Å²) in [6.45, 7) is 3.43. The number of hydrogen-bond donors (Lipinski definition) is 3. The third-order valence-electron chi connectivity index (χ3n) is 4.12. The van der Waals surface area contributed by atoms with Crippen molar-refractivity contribution in [1.82, 2.24) is 9.44 Å². The summed E-state index contributed by atoms with van der Waals surface area (Å²) in [6.07, 6.45) is 1.65. The van der Waals surface area contributed by atoms with E-state index in [1.165, 1.54) is 36.4 Å². The van der Waals surface area contributed by atoms with Crippen LogP contribution in [0.1, 0.15) is 37.0 Å². The van der Waals surface area contributed by atoms with Gasteiger partial charge >= 0.3 is 0 Å². The fraction of sp³-hybridized carbons (Fsp3) is 0.316. The molecule has 0 spiro atoms. The molecule has 1 fully saturated rings. The van der Waals surface area contributed by atoms with Crippen LogP contribution in [0.25, 0.3) is 0 Å². The van der Waals surface area contributed by atoms with Gasteiger partial charge in [0.25, 0.3) is 5.91 Å². The molecular formula is C19H23N3O5S2. The molecule has 3 rings (SSSR count). The molecule has 3 N–H and O–H groups in total. The van der Waals surface area contributed by atoms with Crippen molar-refractivity contribution in [2.24, 2.45) is 0 Å². The van der Waals surface area contributed by atoms with E-state index >= 15 is 0 Å². The van der Waals surface area contributed by atoms with Crippen molar-refractivity contribution in [1.29, 1.82) is 0 Å². The van der Waals surface area contributed by atoms with Gasteiger partial charge in [0.2, 0.25) is 20.0 Å². The number of anilines is 1. The van der Waals surface area contributed by atoms with Gasteiger partial charge in [0.15, 0.2) is 0 Å². The van der Waals surface area contributed by atoms with Crippen LogP contribution in [0.15, 0.2) is 58.3 Å². The molecule has 10 heteroatoms. The minimum atomic E-state index is -3.64. The Morgan fingerprint density at radius 3 is 2.17 bits per heavy atom. The number of sulfonamides is 2. The number of benzene rings is 2. The van der Waals surface area contributed by atoms with Crippen LogP contribution >= 0.6 is 0 Å². The van der Waals surface area contributed by atoms with Crippen LogP contribution in [0.5, 0.6) is 0 Å². The molecule has 0 aliphatic heterocycles. The van der Waals surface area contributed by atoms with E-state index < -0.39 is 26.0 Å². The average molecular weight is 438 g/mol. The largest absolute Gasteiger partial charge is 0.322 e. The second-order valence-corrected chi connectivity index (χ2v) is 10.6. The van der Waals surface area contributed by atoms with Crippen molar-refractivity contribution in [3.8, 4) is 0 Å². The summed E-state index contributed by atoms with van der Waals surface area (Å²) in [5.41, 5.74) is 0.574. The molecule has 1 saturated carbocycles. The van der Waals surface area contributed by atoms with Crippen LogP contribution in [-0.4, -0.2) is 34.8 Å². The zero-order valence-electron chi connectivity index (χ0n) is 16.0. The molecule has 29 heavy (non-hydrogen) atoms. The van der Waals surface area contributed by atoms with Gasteiger partial charge in [-0.15, -0.1) is 0 Å². The van der Waals surface area contributed by atoms with Crippen LogP contribution in [0, 0.1) is 0 Å². The standard InChI is InChI=1S/C19H23N3O5S2/c1-13(2)21-28(24,25)17-10-6-14(7-11-17)19(23)20-16-4-3-5-18(12-16)29(26,27)22-15-8-9-15/h3-7,10-13,15,21-22H,8-9H2,1-2H3,(H,20,23). The highest BCUT2D eigenvalue weighted by Gasteiger charge is 2.28. The Morgan fingerprint density at radius 1 is 0.931 bits per heavy atom. The van der Waals surface area contributed by atoms with Gasteiger partial charge < -0.3 is 5.32 Å². The summed E-state index contributed by atoms with van der Waals surface area (Å²) in [6, 6.07) is 11.2. The maximum Gasteiger partial charge on any atom is 0.255 e. The first-order valence-corrected chi connectivity index (χ1v) is 12.1. The lowest BCUT2D eigenvalue weighted by Gasteiger charge is -2.11. The number of amides is 1. The van der Waals surface area contributed by atoms with Crippen molar-refractivity contribution in [3.05, 3.63) is 54.1 Å². The molecule has 0 heterocycles. The highest BCUT2D eigenvalue weighted by molar-refractivity contribution is 7.89. The van der Waals surface area contributed by atoms with E-state index in [0.29, 0.717) is 5.69 Å². The molecule has 0 bridgehead atoms. The zero-order chi connectivity index (χ0) is 21.2. The molecule has 0 radical (unpaired) electrons. The Morgan fingerprint density at radius 2 is 1.59 bits per heavy atom. The van der Waals surface area contributed by atoms with Crippen LogP contribution in [0.4, 0.5) is 5.69 Å². The Kier molecular flexibility index (Phi) is 6.08. The summed E-state index contributed by atoms with van der Waals surface area (Å²) in [7, 11) is -7.27. The molecule has 156 valence electrons. The van der Waals surface area contributed by atoms with Gasteiger partial charge in [0.05, 0.1) is 9.79 Å². The quantitative estimate of drug-likeness (QED) is 0.584. The van der Waals surface area contributed by atoms with Crippen molar-refractivity contribution in [2.75, 3.05) is 5.32 Å². The third kappa shape index (κ3) is 5.63. The molecule has 0 aromatic heterocycles. The first-order valence-electron chi connectivity index (χ1n) is 9.13. The Hall–Kier alpha value is -2.27. The highest BCUT2D eigenvalue weighted by atomic mass is 32.2. The first-order chi connectivity index (χ1) is 13.6. The SMILES string of the molecule is CC(C)NS(=O)(=O)c1ccc(C(=O)Nc2cccc(S(=O)(=O)NC3CC3)c2)cc1. The molecule has 2 aromatic carbocycles. The van der Waals surface area contributed by atoms with Gasteiger partial charge in [-0.3, -0.25) is 4.79 Å². The van der Waals surface area contributed by atoms with E-state index in [2.05, 4.69) is 14.8 Å². The predicted molar refractivity (Wildman–Crippen MR) is 110 cm³/mol. The monoisotopic (exact) mass is 437 g/mol. The molecule has 1 aliphatic carbocycles. The first kappa shape index (κ1) is 21.4. The third-order valence-corrected chi connectivity index (χ3v) is 7.31. The van der Waals surface area contributed by atoms with Crippen molar-refractivity contribution < 1.29 is 21.6 Å². The molecule has 0 atom stereocenters. The van der Waals surface area contributed by atoms with Crippen molar-refractivity contribution in [3.63, 3.8) is 0 Å². The van der Waals surface area contributed by atoms with Crippen molar-refractivity contribution >= 4 is 31.6 Å². The minimum Gasteiger partial charge on any atom is -0.322 e. The molecule has 0 saturated heterocycles. The fourth-order valence-electron chi connectivity index (χ4n) is 2.60. The summed E-state index contributed by atoms with van der Waals surface area (Å²) in [5.74, 6) is -0.476. The fourth-order valence-corrected chi connectivity index (χ4v) is 5.20. The summed E-state index contributed by atoms with van der Waals surface area (Å²) in [5, 5.41) is 2.63. The molecule has 1 amide bonds. The molecule has 0 unspecified atom stereocenters. The molecular weight excluding hydrogens is 414 g/mol. The normalized spacial score (nSPS) is 14.7. The zero-order valence-corrected chi connectivity index (χ0v) is 17.7. The smallest absolute Gasteiger partial charge is 0.255 e. The van der Waals surface area contributed by atoms with Gasteiger partial charge in [-0.1, -0.05) is 6.07 Å². The van der Waals surface area contributed by atoms with E-state index in [9.17, 15) is 21.6 Å². The van der Waals surface area contributed by atoms with Gasteiger partial charge in [0, 0.05) is 23.3 Å². The van der Waals surface area contributed by atoms with Gasteiger partial charge in [-0.05, 0) is 69.2 Å². The lowest BCUT2D eigenvalue weighted by molar-refractivity contribution is 0.102. The molecule has 8 nitrogen and oxygen atoms in total. The Labute approximate surface area is 170 Å². The second kappa shape index (κ2) is 8.23. The van der Waals surface area contributed by atoms with Crippen LogP contribution in [-0.2, 0) is 20.0 Å². The molecule has 2 aromatic rings. The van der Waals surface area contributed by atoms with E-state index in [1.807, 2.05) is 0 Å². The number of rotatable bonds is 8. The highest BCUT2D eigenvalue weighted by Crippen LogP contribution is 2.23. The number of nitrogens with one attached hydrogen (secondary N) is 3. The van der Waals surface area contributed by atoms with E-state index in [4.69, 9.17) is 0 Å². The minimum absolute atomic E-state index is 0.0155. The Bertz CT molecular complexity index is 1110. The maximum atomic E-state index is 12.5. The topological polar surface area (TPSA) is 121 Å².